The average Bonchev–Trinajstić information content (AvgIpc) is 2.77. The van der Waals surface area contributed by atoms with Gasteiger partial charge in [-0.25, -0.2) is 0 Å². The number of hydrogen-bond acceptors (Lipinski definition) is 1. The number of aromatic nitrogens is 1. The zero-order valence-corrected chi connectivity index (χ0v) is 10.4. The second-order valence-electron chi connectivity index (χ2n) is 4.49. The van der Waals surface area contributed by atoms with Crippen LogP contribution in [0.4, 0.5) is 13.2 Å². The van der Waals surface area contributed by atoms with Gasteiger partial charge in [-0.3, -0.25) is 0 Å². The Morgan fingerprint density at radius 2 is 1.79 bits per heavy atom. The molecule has 0 aliphatic rings. The van der Waals surface area contributed by atoms with E-state index >= 15 is 0 Å². The number of nitrogens with zero attached hydrogens (tertiary/aromatic N) is 1. The van der Waals surface area contributed by atoms with E-state index in [1.807, 2.05) is 4.57 Å². The Hall–Kier alpha value is -1.75. The molecule has 0 radical (unpaired) electrons. The minimum absolute atomic E-state index is 0.477. The number of rotatable bonds is 3. The smallest absolute Gasteiger partial charge is 0.389 e. The molecule has 0 fully saturated rings. The van der Waals surface area contributed by atoms with Crippen LogP contribution in [-0.2, 0) is 12.7 Å². The quantitative estimate of drug-likeness (QED) is 0.904. The summed E-state index contributed by atoms with van der Waals surface area (Å²) in [6.45, 7) is 2.14. The van der Waals surface area contributed by atoms with E-state index in [4.69, 9.17) is 0 Å². The van der Waals surface area contributed by atoms with Crippen molar-refractivity contribution >= 4 is 0 Å². The molecule has 1 heterocycles. The monoisotopic (exact) mass is 269 g/mol. The predicted molar refractivity (Wildman–Crippen MR) is 65.6 cm³/mol. The maximum Gasteiger partial charge on any atom is 0.416 e. The highest BCUT2D eigenvalue weighted by Gasteiger charge is 2.29. The maximum absolute atomic E-state index is 12.4. The number of halogens is 3. The summed E-state index contributed by atoms with van der Waals surface area (Å²) in [4.78, 5) is 0. The summed E-state index contributed by atoms with van der Waals surface area (Å²) in [6.07, 6.45) is -1.28. The first-order valence-corrected chi connectivity index (χ1v) is 5.86. The summed E-state index contributed by atoms with van der Waals surface area (Å²) in [5, 5.41) is 9.39. The molecule has 0 aliphatic carbocycles. The van der Waals surface area contributed by atoms with Gasteiger partial charge in [-0.1, -0.05) is 12.1 Å². The SMILES string of the molecule is CC(O)c1ccn(Cc2ccc(C(F)(F)F)cc2)c1. The third-order valence-corrected chi connectivity index (χ3v) is 2.90. The van der Waals surface area contributed by atoms with Crippen LogP contribution in [0.25, 0.3) is 0 Å². The van der Waals surface area contributed by atoms with Crippen LogP contribution in [0, 0.1) is 0 Å². The van der Waals surface area contributed by atoms with Gasteiger partial charge >= 0.3 is 6.18 Å². The highest BCUT2D eigenvalue weighted by atomic mass is 19.4. The fraction of sp³-hybridized carbons (Fsp3) is 0.286. The minimum Gasteiger partial charge on any atom is -0.389 e. The molecule has 2 nitrogen and oxygen atoms in total. The third-order valence-electron chi connectivity index (χ3n) is 2.90. The van der Waals surface area contributed by atoms with Crippen LogP contribution in [0.5, 0.6) is 0 Å². The van der Waals surface area contributed by atoms with E-state index in [1.165, 1.54) is 12.1 Å². The van der Waals surface area contributed by atoms with Gasteiger partial charge in [0.1, 0.15) is 0 Å². The molecule has 2 aromatic rings. The molecule has 0 saturated carbocycles. The number of aliphatic hydroxyl groups excluding tert-OH is 1. The zero-order valence-electron chi connectivity index (χ0n) is 10.4. The Balaban J connectivity index is 2.11. The molecular weight excluding hydrogens is 255 g/mol. The van der Waals surface area contributed by atoms with Crippen LogP contribution in [0.15, 0.2) is 42.7 Å². The first-order chi connectivity index (χ1) is 8.86. The Kier molecular flexibility index (Phi) is 3.66. The molecule has 1 atom stereocenters. The molecule has 1 unspecified atom stereocenters. The second-order valence-corrected chi connectivity index (χ2v) is 4.49. The van der Waals surface area contributed by atoms with Crippen molar-refractivity contribution in [2.75, 3.05) is 0 Å². The van der Waals surface area contributed by atoms with Gasteiger partial charge in [0, 0.05) is 18.9 Å². The van der Waals surface area contributed by atoms with Crippen molar-refractivity contribution in [1.82, 2.24) is 4.57 Å². The molecule has 0 saturated heterocycles. The number of alkyl halides is 3. The summed E-state index contributed by atoms with van der Waals surface area (Å²) in [5.41, 5.74) is 0.918. The van der Waals surface area contributed by atoms with Gasteiger partial charge in [0.15, 0.2) is 0 Å². The van der Waals surface area contributed by atoms with Gasteiger partial charge < -0.3 is 9.67 Å². The van der Waals surface area contributed by atoms with Crippen molar-refractivity contribution in [2.45, 2.75) is 25.7 Å². The lowest BCUT2D eigenvalue weighted by atomic mass is 10.1. The van der Waals surface area contributed by atoms with Gasteiger partial charge in [-0.2, -0.15) is 13.2 Å². The van der Waals surface area contributed by atoms with Crippen molar-refractivity contribution in [3.05, 3.63) is 59.4 Å². The normalized spacial score (nSPS) is 13.5. The first kappa shape index (κ1) is 13.7. The average molecular weight is 269 g/mol. The summed E-state index contributed by atoms with van der Waals surface area (Å²) in [7, 11) is 0. The molecular formula is C14H14F3NO. The lowest BCUT2D eigenvalue weighted by Gasteiger charge is -2.08. The van der Waals surface area contributed by atoms with Crippen LogP contribution >= 0.6 is 0 Å². The molecule has 5 heteroatoms. The van der Waals surface area contributed by atoms with Gasteiger partial charge in [0.05, 0.1) is 11.7 Å². The Labute approximate surface area is 109 Å². The lowest BCUT2D eigenvalue weighted by Crippen LogP contribution is -2.05. The van der Waals surface area contributed by atoms with Gasteiger partial charge in [-0.15, -0.1) is 0 Å². The van der Waals surface area contributed by atoms with E-state index in [0.717, 1.165) is 23.3 Å². The standard InChI is InChI=1S/C14H14F3NO/c1-10(19)12-6-7-18(9-12)8-11-2-4-13(5-3-11)14(15,16)17/h2-7,9-10,19H,8H2,1H3. The largest absolute Gasteiger partial charge is 0.416 e. The Bertz CT molecular complexity index is 541. The van der Waals surface area contributed by atoms with Gasteiger partial charge in [-0.05, 0) is 36.2 Å². The summed E-state index contributed by atoms with van der Waals surface area (Å²) in [6, 6.07) is 6.87. The lowest BCUT2D eigenvalue weighted by molar-refractivity contribution is -0.137. The van der Waals surface area contributed by atoms with Crippen molar-refractivity contribution in [1.29, 1.82) is 0 Å². The van der Waals surface area contributed by atoms with Crippen molar-refractivity contribution in [3.63, 3.8) is 0 Å². The van der Waals surface area contributed by atoms with Crippen molar-refractivity contribution < 1.29 is 18.3 Å². The number of hydrogen-bond donors (Lipinski definition) is 1. The van der Waals surface area contributed by atoms with Crippen LogP contribution in [-0.4, -0.2) is 9.67 Å². The fourth-order valence-corrected chi connectivity index (χ4v) is 1.81. The van der Waals surface area contributed by atoms with Crippen molar-refractivity contribution in [2.24, 2.45) is 0 Å². The molecule has 0 spiro atoms. The third kappa shape index (κ3) is 3.38. The summed E-state index contributed by atoms with van der Waals surface area (Å²) < 4.78 is 39.0. The van der Waals surface area contributed by atoms with Crippen LogP contribution in [0.3, 0.4) is 0 Å². The molecule has 1 N–H and O–H groups in total. The molecule has 1 aromatic heterocycles. The summed E-state index contributed by atoms with van der Waals surface area (Å²) in [5.74, 6) is 0. The molecule has 0 aliphatic heterocycles. The highest BCUT2D eigenvalue weighted by Crippen LogP contribution is 2.29. The first-order valence-electron chi connectivity index (χ1n) is 5.86. The van der Waals surface area contributed by atoms with E-state index in [9.17, 15) is 18.3 Å². The fourth-order valence-electron chi connectivity index (χ4n) is 1.81. The van der Waals surface area contributed by atoms with Crippen molar-refractivity contribution in [3.8, 4) is 0 Å². The minimum atomic E-state index is -4.30. The Morgan fingerprint density at radius 3 is 2.26 bits per heavy atom. The van der Waals surface area contributed by atoms with E-state index in [2.05, 4.69) is 0 Å². The predicted octanol–water partition coefficient (Wildman–Crippen LogP) is 3.61. The van der Waals surface area contributed by atoms with E-state index < -0.39 is 17.8 Å². The topological polar surface area (TPSA) is 25.2 Å². The number of aliphatic hydroxyl groups is 1. The maximum atomic E-state index is 12.4. The molecule has 2 rings (SSSR count). The second kappa shape index (κ2) is 5.09. The van der Waals surface area contributed by atoms with Gasteiger partial charge in [0.2, 0.25) is 0 Å². The van der Waals surface area contributed by atoms with Crippen LogP contribution < -0.4 is 0 Å². The van der Waals surface area contributed by atoms with E-state index in [-0.39, 0.29) is 0 Å². The zero-order chi connectivity index (χ0) is 14.0. The summed E-state index contributed by atoms with van der Waals surface area (Å²) >= 11 is 0. The van der Waals surface area contributed by atoms with E-state index in [0.29, 0.717) is 6.54 Å². The molecule has 0 amide bonds. The van der Waals surface area contributed by atoms with Crippen LogP contribution in [0.1, 0.15) is 29.7 Å². The molecule has 0 bridgehead atoms. The highest BCUT2D eigenvalue weighted by molar-refractivity contribution is 5.25. The van der Waals surface area contributed by atoms with E-state index in [1.54, 1.807) is 25.4 Å². The van der Waals surface area contributed by atoms with Gasteiger partial charge in [0.25, 0.3) is 0 Å². The molecule has 19 heavy (non-hydrogen) atoms. The number of benzene rings is 1. The Morgan fingerprint density at radius 1 is 1.16 bits per heavy atom. The van der Waals surface area contributed by atoms with Crippen LogP contribution in [0.2, 0.25) is 0 Å². The molecule has 102 valence electrons. The molecule has 1 aromatic carbocycles.